The van der Waals surface area contributed by atoms with Crippen LogP contribution in [-0.2, 0) is 16.6 Å². The van der Waals surface area contributed by atoms with E-state index in [4.69, 9.17) is 28.5 Å². The molecule has 2 aromatic rings. The summed E-state index contributed by atoms with van der Waals surface area (Å²) in [6.07, 6.45) is 1.20. The first-order valence-electron chi connectivity index (χ1n) is 11.7. The number of amides is 2. The third kappa shape index (κ3) is 5.96. The zero-order chi connectivity index (χ0) is 26.0. The van der Waals surface area contributed by atoms with Crippen LogP contribution in [0.5, 0.6) is 0 Å². The van der Waals surface area contributed by atoms with Gasteiger partial charge in [0.25, 0.3) is 0 Å². The summed E-state index contributed by atoms with van der Waals surface area (Å²) in [6, 6.07) is 15.2. The first-order chi connectivity index (χ1) is 17.1. The smallest absolute Gasteiger partial charge is 0.320 e. The number of nitriles is 1. The van der Waals surface area contributed by atoms with Crippen LogP contribution in [0.3, 0.4) is 0 Å². The van der Waals surface area contributed by atoms with E-state index in [1.807, 2.05) is 36.2 Å². The van der Waals surface area contributed by atoms with Gasteiger partial charge < -0.3 is 9.80 Å². The monoisotopic (exact) mass is 549 g/mol. The number of hydrogen-bond acceptors (Lipinski definition) is 5. The Morgan fingerprint density at radius 1 is 1.03 bits per heavy atom. The van der Waals surface area contributed by atoms with Crippen LogP contribution in [0.2, 0.25) is 10.0 Å². The Labute approximate surface area is 222 Å². The number of nitrogens with zero attached hydrogens (tertiary/aromatic N) is 5. The number of benzene rings is 2. The summed E-state index contributed by atoms with van der Waals surface area (Å²) < 4.78 is 25.1. The van der Waals surface area contributed by atoms with Gasteiger partial charge in [-0.25, -0.2) is 13.2 Å². The Morgan fingerprint density at radius 2 is 1.69 bits per heavy atom. The fraction of sp³-hybridized carbons (Fsp3) is 0.440. The van der Waals surface area contributed by atoms with Crippen LogP contribution in [-0.4, -0.2) is 92.1 Å². The minimum absolute atomic E-state index is 0.0180. The number of carbonyl (C=O) groups is 1. The van der Waals surface area contributed by atoms with E-state index in [0.717, 1.165) is 11.1 Å². The fourth-order valence-corrected chi connectivity index (χ4v) is 6.09. The summed E-state index contributed by atoms with van der Waals surface area (Å²) >= 11 is 12.5. The minimum atomic E-state index is -3.27. The highest BCUT2D eigenvalue weighted by Crippen LogP contribution is 2.35. The molecule has 2 aromatic carbocycles. The van der Waals surface area contributed by atoms with E-state index in [0.29, 0.717) is 61.4 Å². The number of likely N-dealkylation sites (N-methyl/N-ethyl adjacent to an activating group) is 1. The molecule has 2 atom stereocenters. The van der Waals surface area contributed by atoms with Crippen LogP contribution < -0.4 is 0 Å². The maximum Gasteiger partial charge on any atom is 0.320 e. The molecule has 0 aliphatic carbocycles. The number of rotatable bonds is 5. The normalized spacial score (nSPS) is 21.1. The van der Waals surface area contributed by atoms with Crippen molar-refractivity contribution in [3.8, 4) is 6.07 Å². The van der Waals surface area contributed by atoms with E-state index >= 15 is 0 Å². The summed E-state index contributed by atoms with van der Waals surface area (Å²) in [6.45, 7) is 3.04. The second kappa shape index (κ2) is 11.0. The van der Waals surface area contributed by atoms with E-state index in [-0.39, 0.29) is 18.0 Å². The number of piperazine rings is 1. The average molecular weight is 551 g/mol. The lowest BCUT2D eigenvalue weighted by molar-refractivity contribution is 0.138. The molecule has 8 nitrogen and oxygen atoms in total. The molecule has 4 rings (SSSR count). The second-order valence-corrected chi connectivity index (χ2v) is 12.2. The van der Waals surface area contributed by atoms with Crippen molar-refractivity contribution in [2.75, 3.05) is 52.6 Å². The molecule has 0 saturated carbocycles. The molecule has 0 aromatic heterocycles. The topological polar surface area (TPSA) is 88.0 Å². The fourth-order valence-electron chi connectivity index (χ4n) is 4.96. The van der Waals surface area contributed by atoms with Gasteiger partial charge in [0.15, 0.2) is 0 Å². The SMILES string of the molecule is CN(Cc1ccc(C#N)cc1)C1CN(C(=O)N2CCN(S(C)(=O)=O)CC2)CC1c1ccc(Cl)c(Cl)c1. The summed E-state index contributed by atoms with van der Waals surface area (Å²) in [5.74, 6) is 0.0180. The molecule has 2 fully saturated rings. The lowest BCUT2D eigenvalue weighted by Gasteiger charge is -2.35. The molecule has 0 radical (unpaired) electrons. The van der Waals surface area contributed by atoms with Crippen molar-refractivity contribution < 1.29 is 13.2 Å². The molecule has 2 aliphatic rings. The Morgan fingerprint density at radius 3 is 2.28 bits per heavy atom. The molecular weight excluding hydrogens is 521 g/mol. The second-order valence-electron chi connectivity index (χ2n) is 9.41. The van der Waals surface area contributed by atoms with Crippen molar-refractivity contribution in [1.29, 1.82) is 5.26 Å². The zero-order valence-corrected chi connectivity index (χ0v) is 22.6. The zero-order valence-electron chi connectivity index (χ0n) is 20.3. The van der Waals surface area contributed by atoms with Crippen LogP contribution in [0, 0.1) is 11.3 Å². The van der Waals surface area contributed by atoms with Gasteiger partial charge >= 0.3 is 6.03 Å². The van der Waals surface area contributed by atoms with E-state index < -0.39 is 10.0 Å². The summed E-state index contributed by atoms with van der Waals surface area (Å²) in [4.78, 5) is 19.2. The summed E-state index contributed by atoms with van der Waals surface area (Å²) in [7, 11) is -1.23. The molecule has 2 unspecified atom stereocenters. The quantitative estimate of drug-likeness (QED) is 0.569. The van der Waals surface area contributed by atoms with Gasteiger partial charge in [-0.1, -0.05) is 41.4 Å². The largest absolute Gasteiger partial charge is 0.322 e. The van der Waals surface area contributed by atoms with Gasteiger partial charge in [0, 0.05) is 57.8 Å². The van der Waals surface area contributed by atoms with Crippen LogP contribution in [0.15, 0.2) is 42.5 Å². The molecule has 0 spiro atoms. The molecule has 2 saturated heterocycles. The lowest BCUT2D eigenvalue weighted by atomic mass is 9.93. The van der Waals surface area contributed by atoms with Gasteiger partial charge in [0.05, 0.1) is 27.9 Å². The van der Waals surface area contributed by atoms with E-state index in [2.05, 4.69) is 11.0 Å². The van der Waals surface area contributed by atoms with Gasteiger partial charge in [-0.3, -0.25) is 4.90 Å². The molecule has 0 N–H and O–H groups in total. The highest BCUT2D eigenvalue weighted by molar-refractivity contribution is 7.88. The molecule has 2 heterocycles. The van der Waals surface area contributed by atoms with Gasteiger partial charge in [-0.2, -0.15) is 9.57 Å². The Hall–Kier alpha value is -2.35. The van der Waals surface area contributed by atoms with E-state index in [1.165, 1.54) is 10.6 Å². The van der Waals surface area contributed by atoms with Crippen LogP contribution >= 0.6 is 23.2 Å². The predicted molar refractivity (Wildman–Crippen MR) is 141 cm³/mol. The van der Waals surface area contributed by atoms with Crippen LogP contribution in [0.1, 0.15) is 22.6 Å². The third-order valence-electron chi connectivity index (χ3n) is 6.99. The maximum atomic E-state index is 13.4. The number of hydrogen-bond donors (Lipinski definition) is 0. The number of sulfonamides is 1. The first kappa shape index (κ1) is 26.7. The highest BCUT2D eigenvalue weighted by atomic mass is 35.5. The average Bonchev–Trinajstić information content (AvgIpc) is 3.31. The van der Waals surface area contributed by atoms with E-state index in [9.17, 15) is 13.2 Å². The third-order valence-corrected chi connectivity index (χ3v) is 9.03. The van der Waals surface area contributed by atoms with Crippen molar-refractivity contribution >= 4 is 39.3 Å². The standard InChI is InChI=1S/C25H29Cl2N5O3S/c1-29(15-19-5-3-18(14-28)4-6-19)24-17-31(16-21(24)20-7-8-22(26)23(27)13-20)25(33)30-9-11-32(12-10-30)36(2,34)35/h3-8,13,21,24H,9-12,15-17H2,1-2H3. The molecular formula is C25H29Cl2N5O3S. The predicted octanol–water partition coefficient (Wildman–Crippen LogP) is 3.46. The number of halogens is 2. The van der Waals surface area contributed by atoms with Crippen molar-refractivity contribution in [3.05, 3.63) is 69.2 Å². The van der Waals surface area contributed by atoms with Gasteiger partial charge in [-0.15, -0.1) is 0 Å². The van der Waals surface area contributed by atoms with E-state index in [1.54, 1.807) is 23.1 Å². The van der Waals surface area contributed by atoms with Crippen molar-refractivity contribution in [1.82, 2.24) is 19.0 Å². The summed E-state index contributed by atoms with van der Waals surface area (Å²) in [5, 5.41) is 10.0. The summed E-state index contributed by atoms with van der Waals surface area (Å²) in [5.41, 5.74) is 2.70. The molecule has 0 bridgehead atoms. The first-order valence-corrected chi connectivity index (χ1v) is 14.3. The van der Waals surface area contributed by atoms with Crippen molar-refractivity contribution in [3.63, 3.8) is 0 Å². The molecule has 192 valence electrons. The van der Waals surface area contributed by atoms with Gasteiger partial charge in [0.2, 0.25) is 10.0 Å². The highest BCUT2D eigenvalue weighted by Gasteiger charge is 2.40. The molecule has 2 amide bonds. The Kier molecular flexibility index (Phi) is 8.12. The van der Waals surface area contributed by atoms with Crippen LogP contribution in [0.4, 0.5) is 4.79 Å². The molecule has 11 heteroatoms. The van der Waals surface area contributed by atoms with Gasteiger partial charge in [-0.05, 0) is 42.4 Å². The maximum absolute atomic E-state index is 13.4. The van der Waals surface area contributed by atoms with Crippen molar-refractivity contribution in [2.45, 2.75) is 18.5 Å². The molecule has 2 aliphatic heterocycles. The number of urea groups is 1. The Balaban J connectivity index is 1.52. The molecule has 36 heavy (non-hydrogen) atoms. The Bertz CT molecular complexity index is 1260. The minimum Gasteiger partial charge on any atom is -0.322 e. The van der Waals surface area contributed by atoms with Crippen LogP contribution in [0.25, 0.3) is 0 Å². The lowest BCUT2D eigenvalue weighted by Crippen LogP contribution is -2.53. The number of carbonyl (C=O) groups excluding carboxylic acids is 1. The number of likely N-dealkylation sites (tertiary alicyclic amines) is 1. The van der Waals surface area contributed by atoms with Gasteiger partial charge in [0.1, 0.15) is 0 Å². The van der Waals surface area contributed by atoms with Crippen molar-refractivity contribution in [2.24, 2.45) is 0 Å².